The number of nitrogens with one attached hydrogen (secondary N) is 1. The van der Waals surface area contributed by atoms with Gasteiger partial charge in [0.15, 0.2) is 0 Å². The smallest absolute Gasteiger partial charge is 0.00675 e. The van der Waals surface area contributed by atoms with E-state index in [-0.39, 0.29) is 0 Å². The van der Waals surface area contributed by atoms with Crippen molar-refractivity contribution in [1.82, 2.24) is 10.2 Å². The predicted octanol–water partition coefficient (Wildman–Crippen LogP) is 1.72. The van der Waals surface area contributed by atoms with Crippen LogP contribution in [0.25, 0.3) is 0 Å². The summed E-state index contributed by atoms with van der Waals surface area (Å²) in [4.78, 5) is 2.63. The van der Waals surface area contributed by atoms with Crippen LogP contribution in [-0.4, -0.2) is 37.1 Å². The van der Waals surface area contributed by atoms with E-state index in [9.17, 15) is 0 Å². The molecule has 1 saturated heterocycles. The van der Waals surface area contributed by atoms with E-state index in [1.807, 2.05) is 0 Å². The Morgan fingerprint density at radius 2 is 2.31 bits per heavy atom. The number of hydrogen-bond acceptors (Lipinski definition) is 2. The van der Waals surface area contributed by atoms with Crippen molar-refractivity contribution >= 4 is 0 Å². The van der Waals surface area contributed by atoms with Crippen molar-refractivity contribution in [2.45, 2.75) is 39.7 Å². The average Bonchev–Trinajstić information content (AvgIpc) is 2.48. The highest BCUT2D eigenvalue weighted by Crippen LogP contribution is 2.17. The number of nitrogens with zero attached hydrogens (tertiary/aromatic N) is 1. The van der Waals surface area contributed by atoms with Crippen LogP contribution in [0.5, 0.6) is 0 Å². The lowest BCUT2D eigenvalue weighted by Crippen LogP contribution is -2.35. The molecule has 0 aromatic rings. The molecule has 1 heterocycles. The molecule has 0 aliphatic carbocycles. The first-order chi connectivity index (χ1) is 6.24. The van der Waals surface area contributed by atoms with Gasteiger partial charge in [-0.25, -0.2) is 0 Å². The zero-order chi connectivity index (χ0) is 9.68. The van der Waals surface area contributed by atoms with Crippen LogP contribution in [0.3, 0.4) is 0 Å². The van der Waals surface area contributed by atoms with E-state index < -0.39 is 0 Å². The van der Waals surface area contributed by atoms with Crippen LogP contribution in [0.1, 0.15) is 33.6 Å². The van der Waals surface area contributed by atoms with Crippen molar-refractivity contribution in [3.05, 3.63) is 0 Å². The maximum Gasteiger partial charge on any atom is 0.00675 e. The molecule has 0 spiro atoms. The van der Waals surface area contributed by atoms with Gasteiger partial charge in [-0.05, 0) is 45.3 Å². The zero-order valence-corrected chi connectivity index (χ0v) is 9.34. The molecule has 0 aromatic carbocycles. The summed E-state index contributed by atoms with van der Waals surface area (Å²) in [7, 11) is 0. The Bertz CT molecular complexity index is 136. The average molecular weight is 184 g/mol. The SMILES string of the molecule is CCNCC(C)CN1CCCC1C. The lowest BCUT2D eigenvalue weighted by molar-refractivity contribution is 0.230. The second-order valence-electron chi connectivity index (χ2n) is 4.40. The van der Waals surface area contributed by atoms with Crippen molar-refractivity contribution in [1.29, 1.82) is 0 Å². The van der Waals surface area contributed by atoms with Crippen molar-refractivity contribution in [3.63, 3.8) is 0 Å². The van der Waals surface area contributed by atoms with E-state index in [1.54, 1.807) is 0 Å². The molecule has 13 heavy (non-hydrogen) atoms. The number of hydrogen-bond donors (Lipinski definition) is 1. The summed E-state index contributed by atoms with van der Waals surface area (Å²) < 4.78 is 0. The van der Waals surface area contributed by atoms with Crippen LogP contribution in [0.2, 0.25) is 0 Å². The fourth-order valence-electron chi connectivity index (χ4n) is 2.12. The summed E-state index contributed by atoms with van der Waals surface area (Å²) in [6.07, 6.45) is 2.79. The van der Waals surface area contributed by atoms with Crippen LogP contribution in [0, 0.1) is 5.92 Å². The first kappa shape index (κ1) is 11.0. The van der Waals surface area contributed by atoms with Gasteiger partial charge in [-0.3, -0.25) is 0 Å². The Balaban J connectivity index is 2.15. The van der Waals surface area contributed by atoms with Gasteiger partial charge in [0.1, 0.15) is 0 Å². The molecule has 0 bridgehead atoms. The van der Waals surface area contributed by atoms with Crippen molar-refractivity contribution in [2.24, 2.45) is 5.92 Å². The highest BCUT2D eigenvalue weighted by Gasteiger charge is 2.21. The summed E-state index contributed by atoms with van der Waals surface area (Å²) in [5.74, 6) is 0.792. The summed E-state index contributed by atoms with van der Waals surface area (Å²) in [5.41, 5.74) is 0. The molecular weight excluding hydrogens is 160 g/mol. The minimum absolute atomic E-state index is 0.792. The highest BCUT2D eigenvalue weighted by atomic mass is 15.2. The topological polar surface area (TPSA) is 15.3 Å². The molecule has 0 radical (unpaired) electrons. The first-order valence-electron chi connectivity index (χ1n) is 5.68. The van der Waals surface area contributed by atoms with E-state index in [2.05, 4.69) is 31.0 Å². The molecule has 1 fully saturated rings. The molecule has 78 valence electrons. The molecule has 1 aliphatic heterocycles. The van der Waals surface area contributed by atoms with Crippen LogP contribution in [0.4, 0.5) is 0 Å². The first-order valence-corrected chi connectivity index (χ1v) is 5.68. The number of likely N-dealkylation sites (tertiary alicyclic amines) is 1. The van der Waals surface area contributed by atoms with Crippen molar-refractivity contribution < 1.29 is 0 Å². The van der Waals surface area contributed by atoms with Gasteiger partial charge in [-0.15, -0.1) is 0 Å². The molecule has 0 aromatic heterocycles. The normalized spacial score (nSPS) is 26.5. The van der Waals surface area contributed by atoms with Crippen LogP contribution < -0.4 is 5.32 Å². The van der Waals surface area contributed by atoms with E-state index in [4.69, 9.17) is 0 Å². The van der Waals surface area contributed by atoms with E-state index in [0.29, 0.717) is 0 Å². The lowest BCUT2D eigenvalue weighted by atomic mass is 10.1. The molecule has 1 N–H and O–H groups in total. The van der Waals surface area contributed by atoms with Gasteiger partial charge in [-0.2, -0.15) is 0 Å². The largest absolute Gasteiger partial charge is 0.317 e. The molecule has 2 atom stereocenters. The number of rotatable bonds is 5. The van der Waals surface area contributed by atoms with Gasteiger partial charge in [0, 0.05) is 12.6 Å². The fraction of sp³-hybridized carbons (Fsp3) is 1.00. The standard InChI is InChI=1S/C11H24N2/c1-4-12-8-10(2)9-13-7-5-6-11(13)3/h10-12H,4-9H2,1-3H3. The van der Waals surface area contributed by atoms with E-state index in [1.165, 1.54) is 32.5 Å². The van der Waals surface area contributed by atoms with E-state index >= 15 is 0 Å². The molecule has 1 aliphatic rings. The molecule has 1 rings (SSSR count). The van der Waals surface area contributed by atoms with Gasteiger partial charge in [0.25, 0.3) is 0 Å². The van der Waals surface area contributed by atoms with Crippen LogP contribution >= 0.6 is 0 Å². The maximum atomic E-state index is 3.41. The van der Waals surface area contributed by atoms with Crippen LogP contribution in [0.15, 0.2) is 0 Å². The Hall–Kier alpha value is -0.0800. The van der Waals surface area contributed by atoms with Gasteiger partial charge in [-0.1, -0.05) is 13.8 Å². The van der Waals surface area contributed by atoms with Crippen molar-refractivity contribution in [2.75, 3.05) is 26.2 Å². The third-order valence-electron chi connectivity index (χ3n) is 2.98. The third-order valence-corrected chi connectivity index (χ3v) is 2.98. The molecule has 2 nitrogen and oxygen atoms in total. The Morgan fingerprint density at radius 1 is 1.54 bits per heavy atom. The summed E-state index contributed by atoms with van der Waals surface area (Å²) in [5, 5.41) is 3.41. The quantitative estimate of drug-likeness (QED) is 0.700. The second-order valence-corrected chi connectivity index (χ2v) is 4.40. The molecule has 2 unspecified atom stereocenters. The zero-order valence-electron chi connectivity index (χ0n) is 9.34. The Morgan fingerprint density at radius 3 is 2.85 bits per heavy atom. The second kappa shape index (κ2) is 5.61. The third kappa shape index (κ3) is 3.65. The summed E-state index contributed by atoms with van der Waals surface area (Å²) in [6, 6.07) is 0.823. The molecular formula is C11H24N2. The minimum atomic E-state index is 0.792. The Labute approximate surface area is 82.7 Å². The van der Waals surface area contributed by atoms with Crippen LogP contribution in [-0.2, 0) is 0 Å². The fourth-order valence-corrected chi connectivity index (χ4v) is 2.12. The van der Waals surface area contributed by atoms with Gasteiger partial charge in [0.05, 0.1) is 0 Å². The monoisotopic (exact) mass is 184 g/mol. The van der Waals surface area contributed by atoms with Gasteiger partial charge in [0.2, 0.25) is 0 Å². The van der Waals surface area contributed by atoms with Gasteiger partial charge < -0.3 is 10.2 Å². The van der Waals surface area contributed by atoms with Gasteiger partial charge >= 0.3 is 0 Å². The Kier molecular flexibility index (Phi) is 4.74. The van der Waals surface area contributed by atoms with E-state index in [0.717, 1.165) is 18.5 Å². The summed E-state index contributed by atoms with van der Waals surface area (Å²) in [6.45, 7) is 11.7. The minimum Gasteiger partial charge on any atom is -0.317 e. The molecule has 2 heteroatoms. The highest BCUT2D eigenvalue weighted by molar-refractivity contribution is 4.76. The predicted molar refractivity (Wildman–Crippen MR) is 58.0 cm³/mol. The lowest BCUT2D eigenvalue weighted by Gasteiger charge is -2.24. The summed E-state index contributed by atoms with van der Waals surface area (Å²) >= 11 is 0. The molecule has 0 amide bonds. The maximum absolute atomic E-state index is 3.41. The van der Waals surface area contributed by atoms with Crippen molar-refractivity contribution in [3.8, 4) is 0 Å². The molecule has 0 saturated carbocycles.